The van der Waals surface area contributed by atoms with Gasteiger partial charge in [0.25, 0.3) is 5.56 Å². The van der Waals surface area contributed by atoms with Crippen LogP contribution in [-0.4, -0.2) is 29.3 Å². The summed E-state index contributed by atoms with van der Waals surface area (Å²) >= 11 is 0. The van der Waals surface area contributed by atoms with Crippen molar-refractivity contribution in [2.75, 3.05) is 13.7 Å². The molecule has 0 aliphatic carbocycles. The van der Waals surface area contributed by atoms with E-state index in [0.717, 1.165) is 5.56 Å². The Bertz CT molecular complexity index is 963. The third-order valence-electron chi connectivity index (χ3n) is 4.11. The van der Waals surface area contributed by atoms with Gasteiger partial charge >= 0.3 is 0 Å². The van der Waals surface area contributed by atoms with Crippen molar-refractivity contribution in [2.45, 2.75) is 19.4 Å². The number of furan rings is 1. The normalized spacial score (nSPS) is 11.8. The van der Waals surface area contributed by atoms with Crippen LogP contribution < -0.4 is 15.6 Å². The minimum atomic E-state index is -0.304. The zero-order valence-electron chi connectivity index (χ0n) is 15.2. The molecule has 0 saturated heterocycles. The number of carbonyl (C=O) groups excluding carboxylic acids is 1. The molecule has 7 nitrogen and oxygen atoms in total. The van der Waals surface area contributed by atoms with Crippen molar-refractivity contribution in [1.82, 2.24) is 15.1 Å². The van der Waals surface area contributed by atoms with Gasteiger partial charge in [0.1, 0.15) is 11.4 Å². The lowest BCUT2D eigenvalue weighted by Crippen LogP contribution is -2.35. The maximum Gasteiger partial charge on any atom is 0.267 e. The molecule has 0 aliphatic rings. The first-order valence-electron chi connectivity index (χ1n) is 8.60. The summed E-state index contributed by atoms with van der Waals surface area (Å²) < 4.78 is 11.8. The van der Waals surface area contributed by atoms with Crippen LogP contribution in [0.25, 0.3) is 11.5 Å². The largest absolute Gasteiger partial charge is 0.497 e. The van der Waals surface area contributed by atoms with E-state index in [0.29, 0.717) is 17.2 Å². The number of carbonyl (C=O) groups is 1. The van der Waals surface area contributed by atoms with E-state index in [1.165, 1.54) is 10.7 Å². The van der Waals surface area contributed by atoms with E-state index >= 15 is 0 Å². The molecule has 0 bridgehead atoms. The Morgan fingerprint density at radius 2 is 2.11 bits per heavy atom. The highest BCUT2D eigenvalue weighted by Gasteiger charge is 2.13. The number of aromatic nitrogens is 2. The van der Waals surface area contributed by atoms with Gasteiger partial charge in [0.05, 0.1) is 25.8 Å². The van der Waals surface area contributed by atoms with E-state index in [4.69, 9.17) is 9.15 Å². The van der Waals surface area contributed by atoms with E-state index in [2.05, 4.69) is 10.4 Å². The van der Waals surface area contributed by atoms with Gasteiger partial charge in [0.2, 0.25) is 5.91 Å². The molecule has 1 amide bonds. The van der Waals surface area contributed by atoms with Crippen molar-refractivity contribution in [2.24, 2.45) is 0 Å². The quantitative estimate of drug-likeness (QED) is 0.693. The second kappa shape index (κ2) is 8.35. The summed E-state index contributed by atoms with van der Waals surface area (Å²) in [5.41, 5.74) is 1.18. The lowest BCUT2D eigenvalue weighted by atomic mass is 10.1. The molecular formula is C20H21N3O4. The van der Waals surface area contributed by atoms with Crippen LogP contribution in [0.3, 0.4) is 0 Å². The average Bonchev–Trinajstić information content (AvgIpc) is 3.21. The highest BCUT2D eigenvalue weighted by Crippen LogP contribution is 2.16. The highest BCUT2D eigenvalue weighted by molar-refractivity contribution is 5.78. The minimum absolute atomic E-state index is 0.134. The smallest absolute Gasteiger partial charge is 0.267 e. The average molecular weight is 367 g/mol. The molecule has 7 heteroatoms. The van der Waals surface area contributed by atoms with Crippen LogP contribution in [0, 0.1) is 0 Å². The van der Waals surface area contributed by atoms with Crippen molar-refractivity contribution in [3.05, 3.63) is 70.7 Å². The molecule has 0 saturated carbocycles. The molecule has 0 radical (unpaired) electrons. The van der Waals surface area contributed by atoms with E-state index in [1.807, 2.05) is 31.2 Å². The lowest BCUT2D eigenvalue weighted by molar-refractivity contribution is -0.120. The summed E-state index contributed by atoms with van der Waals surface area (Å²) in [5.74, 6) is 1.16. The van der Waals surface area contributed by atoms with Crippen molar-refractivity contribution in [3.63, 3.8) is 0 Å². The Hall–Kier alpha value is -3.35. The van der Waals surface area contributed by atoms with Gasteiger partial charge in [-0.3, -0.25) is 9.59 Å². The Kier molecular flexibility index (Phi) is 5.71. The molecule has 1 atom stereocenters. The van der Waals surface area contributed by atoms with Crippen LogP contribution in [0.2, 0.25) is 0 Å². The maximum atomic E-state index is 12.2. The zero-order chi connectivity index (χ0) is 19.2. The van der Waals surface area contributed by atoms with Crippen LogP contribution in [0.4, 0.5) is 0 Å². The second-order valence-electron chi connectivity index (χ2n) is 6.16. The number of amides is 1. The minimum Gasteiger partial charge on any atom is -0.497 e. The molecule has 27 heavy (non-hydrogen) atoms. The second-order valence-corrected chi connectivity index (χ2v) is 6.16. The predicted octanol–water partition coefficient (Wildman–Crippen LogP) is 2.43. The van der Waals surface area contributed by atoms with Crippen molar-refractivity contribution in [1.29, 1.82) is 0 Å². The molecular weight excluding hydrogens is 346 g/mol. The highest BCUT2D eigenvalue weighted by atomic mass is 16.5. The van der Waals surface area contributed by atoms with Gasteiger partial charge in [-0.05, 0) is 42.8 Å². The molecule has 0 fully saturated rings. The Balaban J connectivity index is 1.63. The first-order valence-corrected chi connectivity index (χ1v) is 8.60. The number of methoxy groups -OCH3 is 1. The zero-order valence-corrected chi connectivity index (χ0v) is 15.2. The molecule has 0 aliphatic heterocycles. The third-order valence-corrected chi connectivity index (χ3v) is 4.11. The monoisotopic (exact) mass is 367 g/mol. The van der Waals surface area contributed by atoms with Gasteiger partial charge in [0, 0.05) is 12.6 Å². The number of ether oxygens (including phenoxy) is 1. The van der Waals surface area contributed by atoms with Crippen LogP contribution in [-0.2, 0) is 11.2 Å². The summed E-state index contributed by atoms with van der Waals surface area (Å²) in [6, 6.07) is 13.6. The number of hydrogen-bond acceptors (Lipinski definition) is 5. The summed E-state index contributed by atoms with van der Waals surface area (Å²) in [7, 11) is 1.59. The maximum absolute atomic E-state index is 12.2. The Morgan fingerprint density at radius 3 is 2.85 bits per heavy atom. The number of rotatable bonds is 7. The number of benzene rings is 1. The Labute approximate surface area is 156 Å². The summed E-state index contributed by atoms with van der Waals surface area (Å²) in [6.07, 6.45) is 1.79. The van der Waals surface area contributed by atoms with E-state index in [9.17, 15) is 9.59 Å². The Morgan fingerprint density at radius 1 is 1.26 bits per heavy atom. The predicted molar refractivity (Wildman–Crippen MR) is 101 cm³/mol. The topological polar surface area (TPSA) is 86.4 Å². The molecule has 1 N–H and O–H groups in total. The lowest BCUT2D eigenvalue weighted by Gasteiger charge is -2.15. The van der Waals surface area contributed by atoms with Crippen LogP contribution in [0.5, 0.6) is 5.75 Å². The molecule has 3 aromatic rings. The van der Waals surface area contributed by atoms with E-state index in [1.54, 1.807) is 31.6 Å². The molecule has 1 unspecified atom stereocenters. The molecule has 2 aromatic heterocycles. The van der Waals surface area contributed by atoms with E-state index in [-0.39, 0.29) is 30.5 Å². The molecule has 0 spiro atoms. The fourth-order valence-electron chi connectivity index (χ4n) is 2.68. The number of hydrogen-bond donors (Lipinski definition) is 1. The molecule has 1 aromatic carbocycles. The van der Waals surface area contributed by atoms with Crippen molar-refractivity contribution >= 4 is 5.91 Å². The molecule has 3 rings (SSSR count). The van der Waals surface area contributed by atoms with Gasteiger partial charge in [-0.25, -0.2) is 4.68 Å². The SMILES string of the molecule is COc1cccc(CC(=O)NCC(C)n2nc(-c3ccco3)ccc2=O)c1. The first kappa shape index (κ1) is 18.4. The van der Waals surface area contributed by atoms with Gasteiger partial charge in [-0.1, -0.05) is 12.1 Å². The van der Waals surface area contributed by atoms with Crippen molar-refractivity contribution in [3.8, 4) is 17.2 Å². The van der Waals surface area contributed by atoms with Crippen LogP contribution in [0.1, 0.15) is 18.5 Å². The molecule has 2 heterocycles. The summed E-state index contributed by atoms with van der Waals surface area (Å²) in [6.45, 7) is 2.11. The standard InChI is InChI=1S/C20H21N3O4/c1-14(13-21-19(24)12-15-5-3-6-16(11-15)26-2)23-20(25)9-8-17(22-23)18-7-4-10-27-18/h3-11,14H,12-13H2,1-2H3,(H,21,24). The van der Waals surface area contributed by atoms with Gasteiger partial charge in [-0.15, -0.1) is 0 Å². The van der Waals surface area contributed by atoms with E-state index < -0.39 is 0 Å². The fourth-order valence-corrected chi connectivity index (χ4v) is 2.68. The number of nitrogens with one attached hydrogen (secondary N) is 1. The first-order chi connectivity index (χ1) is 13.1. The number of nitrogens with zero attached hydrogens (tertiary/aromatic N) is 2. The fraction of sp³-hybridized carbons (Fsp3) is 0.250. The van der Waals surface area contributed by atoms with Gasteiger partial charge in [0.15, 0.2) is 5.76 Å². The summed E-state index contributed by atoms with van der Waals surface area (Å²) in [4.78, 5) is 24.3. The van der Waals surface area contributed by atoms with Crippen molar-refractivity contribution < 1.29 is 13.9 Å². The van der Waals surface area contributed by atoms with Gasteiger partial charge in [-0.2, -0.15) is 5.10 Å². The van der Waals surface area contributed by atoms with Gasteiger partial charge < -0.3 is 14.5 Å². The van der Waals surface area contributed by atoms with Crippen LogP contribution in [0.15, 0.2) is 64.0 Å². The molecule has 140 valence electrons. The summed E-state index contributed by atoms with van der Waals surface area (Å²) in [5, 5.41) is 7.19. The third kappa shape index (κ3) is 4.63. The van der Waals surface area contributed by atoms with Crippen LogP contribution >= 0.6 is 0 Å².